The van der Waals surface area contributed by atoms with Crippen LogP contribution in [0.5, 0.6) is 0 Å². The molecule has 0 spiro atoms. The van der Waals surface area contributed by atoms with Crippen molar-refractivity contribution in [1.29, 1.82) is 0 Å². The van der Waals surface area contributed by atoms with Gasteiger partial charge in [-0.1, -0.05) is 32.5 Å². The standard InChI is InChI=1S/C16H28N2S/c1-16(2,3)14-8-9-19-15(18-14)17-10-13(11-4-5-11)12-6-7-12/h11-14H,4-10H2,1-3H3,(H,17,18). The Morgan fingerprint density at radius 1 is 1.16 bits per heavy atom. The first-order valence-corrected chi connectivity index (χ1v) is 8.96. The van der Waals surface area contributed by atoms with E-state index in [1.165, 1.54) is 43.0 Å². The zero-order chi connectivity index (χ0) is 13.5. The third-order valence-electron chi connectivity index (χ3n) is 4.89. The lowest BCUT2D eigenvalue weighted by molar-refractivity contribution is 0.290. The van der Waals surface area contributed by atoms with Crippen LogP contribution in [0.4, 0.5) is 0 Å². The van der Waals surface area contributed by atoms with Gasteiger partial charge in [-0.2, -0.15) is 0 Å². The van der Waals surface area contributed by atoms with Crippen LogP contribution in [0, 0.1) is 23.2 Å². The minimum atomic E-state index is 0.341. The Labute approximate surface area is 122 Å². The first-order chi connectivity index (χ1) is 9.04. The molecule has 3 aliphatic rings. The lowest BCUT2D eigenvalue weighted by Gasteiger charge is -2.35. The topological polar surface area (TPSA) is 24.4 Å². The molecule has 1 atom stereocenters. The second-order valence-electron chi connectivity index (χ2n) is 7.68. The summed E-state index contributed by atoms with van der Waals surface area (Å²) in [4.78, 5) is 4.94. The van der Waals surface area contributed by atoms with E-state index in [4.69, 9.17) is 4.99 Å². The predicted octanol–water partition coefficient (Wildman–Crippen LogP) is 3.92. The van der Waals surface area contributed by atoms with Crippen molar-refractivity contribution in [3.8, 4) is 0 Å². The van der Waals surface area contributed by atoms with Crippen LogP contribution in [0.3, 0.4) is 0 Å². The molecular weight excluding hydrogens is 252 g/mol. The largest absolute Gasteiger partial charge is 0.362 e. The highest BCUT2D eigenvalue weighted by Crippen LogP contribution is 2.49. The molecule has 2 nitrogen and oxygen atoms in total. The van der Waals surface area contributed by atoms with Crippen molar-refractivity contribution in [2.24, 2.45) is 28.2 Å². The van der Waals surface area contributed by atoms with Crippen molar-refractivity contribution in [1.82, 2.24) is 5.32 Å². The van der Waals surface area contributed by atoms with Crippen LogP contribution in [0.15, 0.2) is 4.99 Å². The van der Waals surface area contributed by atoms with E-state index in [2.05, 4.69) is 26.1 Å². The Kier molecular flexibility index (Phi) is 3.85. The molecule has 1 saturated heterocycles. The van der Waals surface area contributed by atoms with Crippen molar-refractivity contribution in [3.05, 3.63) is 0 Å². The highest BCUT2D eigenvalue weighted by Gasteiger charge is 2.41. The van der Waals surface area contributed by atoms with Gasteiger partial charge in [0.25, 0.3) is 0 Å². The number of hydrogen-bond acceptors (Lipinski definition) is 2. The van der Waals surface area contributed by atoms with Gasteiger partial charge in [0.05, 0.1) is 0 Å². The second kappa shape index (κ2) is 5.31. The van der Waals surface area contributed by atoms with Gasteiger partial charge in [0.2, 0.25) is 0 Å². The van der Waals surface area contributed by atoms with E-state index in [0.717, 1.165) is 24.3 Å². The van der Waals surface area contributed by atoms with E-state index in [0.29, 0.717) is 11.5 Å². The molecule has 1 N–H and O–H groups in total. The maximum Gasteiger partial charge on any atom is 0.156 e. The van der Waals surface area contributed by atoms with Crippen molar-refractivity contribution in [3.63, 3.8) is 0 Å². The minimum absolute atomic E-state index is 0.341. The molecule has 0 radical (unpaired) electrons. The van der Waals surface area contributed by atoms with Crippen LogP contribution in [0.25, 0.3) is 0 Å². The Bertz CT molecular complexity index is 338. The summed E-state index contributed by atoms with van der Waals surface area (Å²) >= 11 is 1.93. The summed E-state index contributed by atoms with van der Waals surface area (Å²) in [5, 5.41) is 4.90. The first kappa shape index (κ1) is 13.8. The van der Waals surface area contributed by atoms with Crippen LogP contribution < -0.4 is 5.32 Å². The van der Waals surface area contributed by atoms with Crippen LogP contribution in [0.2, 0.25) is 0 Å². The molecule has 3 heteroatoms. The normalized spacial score (nSPS) is 30.7. The number of thioether (sulfide) groups is 1. The van der Waals surface area contributed by atoms with Crippen molar-refractivity contribution in [2.75, 3.05) is 12.3 Å². The summed E-state index contributed by atoms with van der Waals surface area (Å²) in [6.45, 7) is 8.07. The molecule has 3 fully saturated rings. The lowest BCUT2D eigenvalue weighted by atomic mass is 9.85. The average molecular weight is 280 g/mol. The molecule has 2 aliphatic carbocycles. The highest BCUT2D eigenvalue weighted by molar-refractivity contribution is 8.13. The van der Waals surface area contributed by atoms with Crippen LogP contribution in [0.1, 0.15) is 52.9 Å². The summed E-state index contributed by atoms with van der Waals surface area (Å²) in [7, 11) is 0. The molecule has 19 heavy (non-hydrogen) atoms. The predicted molar refractivity (Wildman–Crippen MR) is 84.7 cm³/mol. The van der Waals surface area contributed by atoms with Gasteiger partial charge >= 0.3 is 0 Å². The van der Waals surface area contributed by atoms with Gasteiger partial charge in [0.15, 0.2) is 5.17 Å². The van der Waals surface area contributed by atoms with E-state index in [1.807, 2.05) is 11.8 Å². The Morgan fingerprint density at radius 3 is 2.32 bits per heavy atom. The van der Waals surface area contributed by atoms with Gasteiger partial charge < -0.3 is 5.32 Å². The summed E-state index contributed by atoms with van der Waals surface area (Å²) in [5.41, 5.74) is 0.341. The number of amidine groups is 1. The number of rotatable bonds is 4. The molecule has 108 valence electrons. The molecule has 0 aromatic heterocycles. The summed E-state index contributed by atoms with van der Waals surface area (Å²) < 4.78 is 0. The molecule has 1 unspecified atom stereocenters. The van der Waals surface area contributed by atoms with Gasteiger partial charge in [0.1, 0.15) is 0 Å². The zero-order valence-electron chi connectivity index (χ0n) is 12.6. The Morgan fingerprint density at radius 2 is 1.79 bits per heavy atom. The van der Waals surface area contributed by atoms with Crippen molar-refractivity contribution >= 4 is 16.9 Å². The SMILES string of the molecule is CC(C)(C)C1CCSC(=NCC(C2CC2)C2CC2)N1. The first-order valence-electron chi connectivity index (χ1n) is 7.98. The molecule has 1 aliphatic heterocycles. The highest BCUT2D eigenvalue weighted by atomic mass is 32.2. The Balaban J connectivity index is 1.56. The summed E-state index contributed by atoms with van der Waals surface area (Å²) in [5.74, 6) is 4.17. The molecule has 0 bridgehead atoms. The Hall–Kier alpha value is -0.180. The smallest absolute Gasteiger partial charge is 0.156 e. The van der Waals surface area contributed by atoms with E-state index in [9.17, 15) is 0 Å². The van der Waals surface area contributed by atoms with Gasteiger partial charge in [0, 0.05) is 18.3 Å². The number of nitrogens with one attached hydrogen (secondary N) is 1. The maximum atomic E-state index is 4.94. The number of aliphatic imine (C=N–C) groups is 1. The third kappa shape index (κ3) is 3.68. The fraction of sp³-hybridized carbons (Fsp3) is 0.938. The van der Waals surface area contributed by atoms with Crippen LogP contribution in [-0.4, -0.2) is 23.5 Å². The van der Waals surface area contributed by atoms with Crippen molar-refractivity contribution in [2.45, 2.75) is 58.9 Å². The zero-order valence-corrected chi connectivity index (χ0v) is 13.4. The van der Waals surface area contributed by atoms with Crippen molar-refractivity contribution < 1.29 is 0 Å². The van der Waals surface area contributed by atoms with E-state index in [1.54, 1.807) is 0 Å². The molecule has 0 aromatic rings. The molecule has 1 heterocycles. The van der Waals surface area contributed by atoms with Gasteiger partial charge in [-0.15, -0.1) is 0 Å². The fourth-order valence-corrected chi connectivity index (χ4v) is 4.14. The van der Waals surface area contributed by atoms with Gasteiger partial charge in [-0.25, -0.2) is 0 Å². The fourth-order valence-electron chi connectivity index (χ4n) is 3.20. The maximum absolute atomic E-state index is 4.94. The second-order valence-corrected chi connectivity index (χ2v) is 8.77. The lowest BCUT2D eigenvalue weighted by Crippen LogP contribution is -2.46. The van der Waals surface area contributed by atoms with E-state index in [-0.39, 0.29) is 0 Å². The number of nitrogens with zero attached hydrogens (tertiary/aromatic N) is 1. The van der Waals surface area contributed by atoms with Gasteiger partial charge in [-0.3, -0.25) is 4.99 Å². The van der Waals surface area contributed by atoms with E-state index < -0.39 is 0 Å². The molecule has 0 amide bonds. The summed E-state index contributed by atoms with van der Waals surface area (Å²) in [6.07, 6.45) is 7.14. The number of hydrogen-bond donors (Lipinski definition) is 1. The van der Waals surface area contributed by atoms with Gasteiger partial charge in [-0.05, 0) is 55.3 Å². The molecule has 0 aromatic carbocycles. The third-order valence-corrected chi connectivity index (χ3v) is 5.85. The average Bonchev–Trinajstić information content (AvgIpc) is 3.23. The van der Waals surface area contributed by atoms with Crippen LogP contribution >= 0.6 is 11.8 Å². The minimum Gasteiger partial charge on any atom is -0.362 e. The quantitative estimate of drug-likeness (QED) is 0.844. The molecule has 2 saturated carbocycles. The monoisotopic (exact) mass is 280 g/mol. The van der Waals surface area contributed by atoms with Crippen LogP contribution in [-0.2, 0) is 0 Å². The van der Waals surface area contributed by atoms with E-state index >= 15 is 0 Å². The summed E-state index contributed by atoms with van der Waals surface area (Å²) in [6, 6.07) is 0.591. The molecule has 3 rings (SSSR count). The molecular formula is C16H28N2S.